The fourth-order valence-corrected chi connectivity index (χ4v) is 6.05. The van der Waals surface area contributed by atoms with Crippen molar-refractivity contribution in [2.24, 2.45) is 0 Å². The predicted octanol–water partition coefficient (Wildman–Crippen LogP) is 3.92. The molecule has 0 aromatic carbocycles. The van der Waals surface area contributed by atoms with Crippen LogP contribution in [0.1, 0.15) is 34.1 Å². The number of alkyl halides is 1. The van der Waals surface area contributed by atoms with Gasteiger partial charge in [-0.2, -0.15) is 0 Å². The first-order valence-electron chi connectivity index (χ1n) is 4.99. The zero-order valence-corrected chi connectivity index (χ0v) is 13.8. The van der Waals surface area contributed by atoms with Crippen molar-refractivity contribution in [2.45, 2.75) is 42.5 Å². The van der Waals surface area contributed by atoms with Gasteiger partial charge in [-0.05, 0) is 33.3 Å². The SMILES string of the molecule is CC1=C(Br)CC(Br)(S(=O)(=O)C(C)(C)C)C=C1. The summed E-state index contributed by atoms with van der Waals surface area (Å²) in [4.78, 5) is 0. The Morgan fingerprint density at radius 2 is 1.88 bits per heavy atom. The highest BCUT2D eigenvalue weighted by Crippen LogP contribution is 2.44. The van der Waals surface area contributed by atoms with Crippen LogP contribution in [-0.2, 0) is 9.84 Å². The van der Waals surface area contributed by atoms with Gasteiger partial charge in [0.2, 0.25) is 0 Å². The van der Waals surface area contributed by atoms with Gasteiger partial charge in [0, 0.05) is 10.9 Å². The fourth-order valence-electron chi connectivity index (χ4n) is 1.44. The first-order chi connectivity index (χ1) is 7.01. The molecule has 0 radical (unpaired) electrons. The second-order valence-electron chi connectivity index (χ2n) is 5.00. The van der Waals surface area contributed by atoms with Gasteiger partial charge in [0.1, 0.15) is 0 Å². The summed E-state index contributed by atoms with van der Waals surface area (Å²) >= 11 is 6.80. The molecular weight excluding hydrogens is 356 g/mol. The molecule has 1 atom stereocenters. The van der Waals surface area contributed by atoms with E-state index in [1.807, 2.05) is 13.0 Å². The molecule has 1 rings (SSSR count). The van der Waals surface area contributed by atoms with Crippen molar-refractivity contribution in [1.82, 2.24) is 0 Å². The van der Waals surface area contributed by atoms with E-state index >= 15 is 0 Å². The van der Waals surface area contributed by atoms with Crippen molar-refractivity contribution in [3.05, 3.63) is 22.2 Å². The van der Waals surface area contributed by atoms with Crippen LogP contribution in [0.4, 0.5) is 0 Å². The van der Waals surface area contributed by atoms with Crippen molar-refractivity contribution in [1.29, 1.82) is 0 Å². The van der Waals surface area contributed by atoms with Crippen LogP contribution >= 0.6 is 31.9 Å². The van der Waals surface area contributed by atoms with Gasteiger partial charge in [0.15, 0.2) is 13.5 Å². The van der Waals surface area contributed by atoms with E-state index in [0.717, 1.165) is 10.1 Å². The van der Waals surface area contributed by atoms with Gasteiger partial charge in [-0.25, -0.2) is 8.42 Å². The first-order valence-corrected chi connectivity index (χ1v) is 8.06. The number of hydrogen-bond acceptors (Lipinski definition) is 2. The Bertz CT molecular complexity index is 455. The maximum Gasteiger partial charge on any atom is 0.174 e. The van der Waals surface area contributed by atoms with Crippen molar-refractivity contribution in [3.8, 4) is 0 Å². The zero-order valence-electron chi connectivity index (χ0n) is 9.84. The molecule has 16 heavy (non-hydrogen) atoms. The molecule has 0 fully saturated rings. The van der Waals surface area contributed by atoms with Gasteiger partial charge in [0.05, 0.1) is 4.75 Å². The molecule has 2 nitrogen and oxygen atoms in total. The van der Waals surface area contributed by atoms with Gasteiger partial charge < -0.3 is 0 Å². The third-order valence-electron chi connectivity index (χ3n) is 2.66. The molecule has 0 aromatic heterocycles. The van der Waals surface area contributed by atoms with E-state index in [0.29, 0.717) is 6.42 Å². The molecule has 0 bridgehead atoms. The Kier molecular flexibility index (Phi) is 3.84. The highest BCUT2D eigenvalue weighted by molar-refractivity contribution is 9.12. The third-order valence-corrected chi connectivity index (χ3v) is 8.17. The molecule has 0 saturated heterocycles. The minimum absolute atomic E-state index is 0.439. The summed E-state index contributed by atoms with van der Waals surface area (Å²) in [5.74, 6) is 0. The Labute approximate surface area is 114 Å². The lowest BCUT2D eigenvalue weighted by molar-refractivity contribution is 0.547. The van der Waals surface area contributed by atoms with Crippen molar-refractivity contribution in [3.63, 3.8) is 0 Å². The molecule has 1 aliphatic rings. The normalized spacial score (nSPS) is 27.4. The van der Waals surface area contributed by atoms with Crippen LogP contribution < -0.4 is 0 Å². The van der Waals surface area contributed by atoms with E-state index in [1.165, 1.54) is 0 Å². The highest BCUT2D eigenvalue weighted by Gasteiger charge is 2.47. The molecular formula is C11H16Br2O2S. The molecule has 0 heterocycles. The summed E-state index contributed by atoms with van der Waals surface area (Å²) < 4.78 is 24.0. The molecule has 5 heteroatoms. The lowest BCUT2D eigenvalue weighted by Crippen LogP contribution is -2.43. The van der Waals surface area contributed by atoms with E-state index in [4.69, 9.17) is 0 Å². The summed E-state index contributed by atoms with van der Waals surface area (Å²) in [5.41, 5.74) is 1.07. The lowest BCUT2D eigenvalue weighted by Gasteiger charge is -2.33. The predicted molar refractivity (Wildman–Crippen MR) is 75.7 cm³/mol. The van der Waals surface area contributed by atoms with Gasteiger partial charge in [-0.1, -0.05) is 44.0 Å². The monoisotopic (exact) mass is 370 g/mol. The number of rotatable bonds is 1. The highest BCUT2D eigenvalue weighted by atomic mass is 79.9. The maximum absolute atomic E-state index is 12.4. The smallest absolute Gasteiger partial charge is 0.174 e. The first kappa shape index (κ1) is 14.5. The van der Waals surface area contributed by atoms with E-state index in [2.05, 4.69) is 31.9 Å². The second-order valence-corrected chi connectivity index (χ2v) is 10.9. The molecule has 0 N–H and O–H groups in total. The molecule has 0 amide bonds. The van der Waals surface area contributed by atoms with Crippen LogP contribution in [0.3, 0.4) is 0 Å². The van der Waals surface area contributed by atoms with Crippen molar-refractivity contribution < 1.29 is 8.42 Å². The molecule has 0 aliphatic heterocycles. The summed E-state index contributed by atoms with van der Waals surface area (Å²) in [7, 11) is -3.29. The molecule has 0 saturated carbocycles. The van der Waals surface area contributed by atoms with Crippen LogP contribution in [0, 0.1) is 0 Å². The van der Waals surface area contributed by atoms with Crippen LogP contribution in [-0.4, -0.2) is 16.8 Å². The number of sulfone groups is 1. The quantitative estimate of drug-likeness (QED) is 0.654. The Hall–Kier alpha value is 0.390. The van der Waals surface area contributed by atoms with Crippen LogP contribution in [0.2, 0.25) is 0 Å². The largest absolute Gasteiger partial charge is 0.226 e. The standard InChI is InChI=1S/C11H16Br2O2S/c1-8-5-6-11(13,7-9(8)12)16(14,15)10(2,3)4/h5-6H,7H2,1-4H3. The molecule has 92 valence electrons. The van der Waals surface area contributed by atoms with Crippen molar-refractivity contribution >= 4 is 41.7 Å². The lowest BCUT2D eigenvalue weighted by atomic mass is 10.1. The minimum atomic E-state index is -3.29. The van der Waals surface area contributed by atoms with Gasteiger partial charge >= 0.3 is 0 Å². The average Bonchev–Trinajstić information content (AvgIpc) is 2.10. The number of halogens is 2. The zero-order chi connectivity index (χ0) is 12.8. The molecule has 1 unspecified atom stereocenters. The summed E-state index contributed by atoms with van der Waals surface area (Å²) in [6.45, 7) is 7.12. The van der Waals surface area contributed by atoms with E-state index < -0.39 is 18.2 Å². The summed E-state index contributed by atoms with van der Waals surface area (Å²) in [6, 6.07) is 0. The Morgan fingerprint density at radius 3 is 2.25 bits per heavy atom. The van der Waals surface area contributed by atoms with E-state index in [9.17, 15) is 8.42 Å². The molecule has 0 aromatic rings. The van der Waals surface area contributed by atoms with Crippen LogP contribution in [0.25, 0.3) is 0 Å². The summed E-state index contributed by atoms with van der Waals surface area (Å²) in [6.07, 6.45) is 4.01. The van der Waals surface area contributed by atoms with Gasteiger partial charge in [-0.15, -0.1) is 0 Å². The van der Waals surface area contributed by atoms with E-state index in [-0.39, 0.29) is 0 Å². The molecule has 1 aliphatic carbocycles. The van der Waals surface area contributed by atoms with Gasteiger partial charge in [0.25, 0.3) is 0 Å². The number of allylic oxidation sites excluding steroid dienone is 3. The Balaban J connectivity index is 3.24. The summed E-state index contributed by atoms with van der Waals surface area (Å²) in [5, 5.41) is 0. The van der Waals surface area contributed by atoms with Crippen LogP contribution in [0.5, 0.6) is 0 Å². The minimum Gasteiger partial charge on any atom is -0.226 e. The van der Waals surface area contributed by atoms with Gasteiger partial charge in [-0.3, -0.25) is 0 Å². The van der Waals surface area contributed by atoms with E-state index in [1.54, 1.807) is 26.8 Å². The maximum atomic E-state index is 12.4. The number of hydrogen-bond donors (Lipinski definition) is 0. The average molecular weight is 372 g/mol. The second kappa shape index (κ2) is 4.25. The van der Waals surface area contributed by atoms with Crippen molar-refractivity contribution in [2.75, 3.05) is 0 Å². The van der Waals surface area contributed by atoms with Crippen LogP contribution in [0.15, 0.2) is 22.2 Å². The topological polar surface area (TPSA) is 34.1 Å². The molecule has 0 spiro atoms. The third kappa shape index (κ3) is 2.31. The fraction of sp³-hybridized carbons (Fsp3) is 0.636. The Morgan fingerprint density at radius 1 is 1.38 bits per heavy atom.